The van der Waals surface area contributed by atoms with Gasteiger partial charge in [0.25, 0.3) is 0 Å². The van der Waals surface area contributed by atoms with Crippen LogP contribution in [-0.2, 0) is 9.16 Å². The van der Waals surface area contributed by atoms with Crippen molar-refractivity contribution in [3.63, 3.8) is 0 Å². The van der Waals surface area contributed by atoms with Gasteiger partial charge in [-0.3, -0.25) is 0 Å². The Morgan fingerprint density at radius 1 is 1.12 bits per heavy atom. The van der Waals surface area contributed by atoms with Gasteiger partial charge < -0.3 is 9.16 Å². The maximum Gasteiger partial charge on any atom is 0.192 e. The van der Waals surface area contributed by atoms with Gasteiger partial charge in [-0.2, -0.15) is 0 Å². The van der Waals surface area contributed by atoms with Crippen molar-refractivity contribution in [1.82, 2.24) is 0 Å². The highest BCUT2D eigenvalue weighted by Gasteiger charge is 2.41. The third-order valence-electron chi connectivity index (χ3n) is 4.97. The number of hydrogen-bond acceptors (Lipinski definition) is 2. The lowest BCUT2D eigenvalue weighted by Crippen LogP contribution is -2.45. The zero-order chi connectivity index (χ0) is 18.5. The molecule has 0 aromatic heterocycles. The zero-order valence-corrected chi connectivity index (χ0v) is 18.6. The fourth-order valence-corrected chi connectivity index (χ4v) is 4.44. The second-order valence-corrected chi connectivity index (χ2v) is 13.4. The van der Waals surface area contributed by atoms with Crippen LogP contribution in [0.3, 0.4) is 0 Å². The van der Waals surface area contributed by atoms with Crippen LogP contribution in [0.4, 0.5) is 0 Å². The Labute approximate surface area is 159 Å². The Hall–Kier alpha value is -0.0631. The molecule has 0 spiro atoms. The second-order valence-electron chi connectivity index (χ2n) is 7.85. The number of unbranched alkanes of at least 4 members (excludes halogenated alkanes) is 1. The average Bonchev–Trinajstić information content (AvgIpc) is 2.46. The van der Waals surface area contributed by atoms with Gasteiger partial charge >= 0.3 is 0 Å². The first kappa shape index (κ1) is 22.0. The average molecular weight is 391 g/mol. The van der Waals surface area contributed by atoms with Gasteiger partial charge in [-0.1, -0.05) is 69.8 Å². The predicted molar refractivity (Wildman–Crippen MR) is 108 cm³/mol. The maximum absolute atomic E-state index is 6.72. The van der Waals surface area contributed by atoms with Gasteiger partial charge in [0.1, 0.15) is 6.10 Å². The van der Waals surface area contributed by atoms with Crippen molar-refractivity contribution in [1.29, 1.82) is 0 Å². The summed E-state index contributed by atoms with van der Waals surface area (Å²) in [6.45, 7) is 13.5. The fourth-order valence-electron chi connectivity index (χ4n) is 2.47. The molecule has 24 heavy (non-hydrogen) atoms. The predicted octanol–water partition coefficient (Wildman–Crippen LogP) is 7.26. The molecule has 138 valence electrons. The van der Waals surface area contributed by atoms with Crippen molar-refractivity contribution < 1.29 is 9.16 Å². The molecule has 0 fully saturated rings. The van der Waals surface area contributed by atoms with E-state index in [9.17, 15) is 0 Å². The van der Waals surface area contributed by atoms with Crippen molar-refractivity contribution in [2.24, 2.45) is 0 Å². The van der Waals surface area contributed by atoms with E-state index in [-0.39, 0.29) is 17.2 Å². The van der Waals surface area contributed by atoms with Crippen molar-refractivity contribution in [2.75, 3.05) is 7.11 Å². The van der Waals surface area contributed by atoms with Gasteiger partial charge in [-0.05, 0) is 36.7 Å². The van der Waals surface area contributed by atoms with Gasteiger partial charge in [0.2, 0.25) is 0 Å². The quantitative estimate of drug-likeness (QED) is 0.434. The summed E-state index contributed by atoms with van der Waals surface area (Å²) in [5.41, 5.74) is 0.836. The van der Waals surface area contributed by atoms with E-state index in [2.05, 4.69) is 40.8 Å². The van der Waals surface area contributed by atoms with Gasteiger partial charge in [0.05, 0.1) is 6.10 Å². The zero-order valence-electron chi connectivity index (χ0n) is 16.1. The van der Waals surface area contributed by atoms with Crippen LogP contribution >= 0.6 is 23.2 Å². The molecule has 1 rings (SSSR count). The lowest BCUT2D eigenvalue weighted by molar-refractivity contribution is -0.0111. The molecule has 1 aromatic rings. The van der Waals surface area contributed by atoms with E-state index in [1.165, 1.54) is 0 Å². The van der Waals surface area contributed by atoms with E-state index in [4.69, 9.17) is 32.4 Å². The van der Waals surface area contributed by atoms with Crippen molar-refractivity contribution >= 4 is 31.5 Å². The third kappa shape index (κ3) is 5.47. The largest absolute Gasteiger partial charge is 0.411 e. The summed E-state index contributed by atoms with van der Waals surface area (Å²) in [5.74, 6) is 0. The van der Waals surface area contributed by atoms with E-state index in [0.717, 1.165) is 24.8 Å². The molecule has 0 radical (unpaired) electrons. The lowest BCUT2D eigenvalue weighted by atomic mass is 10.00. The minimum atomic E-state index is -1.93. The smallest absolute Gasteiger partial charge is 0.192 e. The minimum Gasteiger partial charge on any atom is -0.411 e. The summed E-state index contributed by atoms with van der Waals surface area (Å²) in [6, 6.07) is 5.58. The molecule has 0 aliphatic carbocycles. The van der Waals surface area contributed by atoms with Crippen LogP contribution in [-0.4, -0.2) is 21.5 Å². The molecule has 0 unspecified atom stereocenters. The van der Waals surface area contributed by atoms with Crippen LogP contribution in [0.5, 0.6) is 0 Å². The highest BCUT2D eigenvalue weighted by atomic mass is 35.5. The Bertz CT molecular complexity index is 506. The molecule has 2 atom stereocenters. The first-order chi connectivity index (χ1) is 11.0. The summed E-state index contributed by atoms with van der Waals surface area (Å²) in [7, 11) is -0.224. The van der Waals surface area contributed by atoms with E-state index < -0.39 is 8.32 Å². The van der Waals surface area contributed by atoms with E-state index >= 15 is 0 Å². The lowest BCUT2D eigenvalue weighted by Gasteiger charge is -2.41. The molecular formula is C19H32Cl2O2Si. The number of ether oxygens (including phenoxy) is 1. The summed E-state index contributed by atoms with van der Waals surface area (Å²) in [5, 5.41) is 1.41. The van der Waals surface area contributed by atoms with E-state index in [1.54, 1.807) is 7.11 Å². The Balaban J connectivity index is 3.21. The molecule has 2 nitrogen and oxygen atoms in total. The Morgan fingerprint density at radius 2 is 1.67 bits per heavy atom. The number of rotatable bonds is 8. The molecular weight excluding hydrogens is 359 g/mol. The van der Waals surface area contributed by atoms with Crippen LogP contribution in [0.2, 0.25) is 28.2 Å². The van der Waals surface area contributed by atoms with Crippen LogP contribution in [0.1, 0.15) is 58.6 Å². The Kier molecular flexibility index (Phi) is 8.28. The molecule has 0 amide bonds. The van der Waals surface area contributed by atoms with Crippen LogP contribution in [0, 0.1) is 0 Å². The van der Waals surface area contributed by atoms with Gasteiger partial charge in [-0.15, -0.1) is 0 Å². The molecule has 0 bridgehead atoms. The molecule has 1 aromatic carbocycles. The molecule has 0 aliphatic heterocycles. The maximum atomic E-state index is 6.72. The third-order valence-corrected chi connectivity index (χ3v) is 10.1. The van der Waals surface area contributed by atoms with Crippen molar-refractivity contribution in [3.8, 4) is 0 Å². The topological polar surface area (TPSA) is 18.5 Å². The molecule has 0 aliphatic rings. The molecule has 0 saturated heterocycles. The summed E-state index contributed by atoms with van der Waals surface area (Å²) >= 11 is 12.9. The van der Waals surface area contributed by atoms with Crippen molar-refractivity contribution in [2.45, 2.75) is 77.3 Å². The minimum absolute atomic E-state index is 0.0479. The van der Waals surface area contributed by atoms with E-state index in [1.807, 2.05) is 18.2 Å². The molecule has 5 heteroatoms. The van der Waals surface area contributed by atoms with Gasteiger partial charge in [0, 0.05) is 22.7 Å². The van der Waals surface area contributed by atoms with Crippen LogP contribution in [0.25, 0.3) is 0 Å². The van der Waals surface area contributed by atoms with Gasteiger partial charge in [0.15, 0.2) is 8.32 Å². The number of methoxy groups -OCH3 is 1. The highest BCUT2D eigenvalue weighted by Crippen LogP contribution is 2.42. The first-order valence-electron chi connectivity index (χ1n) is 8.69. The number of halogens is 2. The van der Waals surface area contributed by atoms with Crippen LogP contribution in [0.15, 0.2) is 18.2 Å². The standard InChI is InChI=1S/C19H32Cl2O2Si/c1-8-9-13-16(23-24(6,7)19(2,3)4)18(22-5)17-14(20)11-10-12-15(17)21/h10-12,16,18H,8-9,13H2,1-7H3/t16-,18+/m0/s1. The molecule has 0 heterocycles. The SMILES string of the molecule is CCCC[C@H](O[Si](C)(C)C(C)(C)C)[C@@H](OC)c1c(Cl)cccc1Cl. The van der Waals surface area contributed by atoms with Crippen molar-refractivity contribution in [3.05, 3.63) is 33.8 Å². The molecule has 0 N–H and O–H groups in total. The number of hydrogen-bond donors (Lipinski definition) is 0. The Morgan fingerprint density at radius 3 is 2.08 bits per heavy atom. The van der Waals surface area contributed by atoms with Crippen LogP contribution < -0.4 is 0 Å². The normalized spacial score (nSPS) is 15.4. The molecule has 0 saturated carbocycles. The second kappa shape index (κ2) is 9.04. The highest BCUT2D eigenvalue weighted by molar-refractivity contribution is 6.74. The first-order valence-corrected chi connectivity index (χ1v) is 12.4. The summed E-state index contributed by atoms with van der Waals surface area (Å²) in [4.78, 5) is 0. The number of benzene rings is 1. The van der Waals surface area contributed by atoms with E-state index in [0.29, 0.717) is 10.0 Å². The monoisotopic (exact) mass is 390 g/mol. The van der Waals surface area contributed by atoms with Gasteiger partial charge in [-0.25, -0.2) is 0 Å². The summed E-state index contributed by atoms with van der Waals surface area (Å²) < 4.78 is 12.6. The summed E-state index contributed by atoms with van der Waals surface area (Å²) in [6.07, 6.45) is 2.83. The fraction of sp³-hybridized carbons (Fsp3) is 0.684.